The van der Waals surface area contributed by atoms with Crippen LogP contribution in [0.2, 0.25) is 0 Å². The molecule has 356 valence electrons. The highest BCUT2D eigenvalue weighted by atomic mass is 16.8. The van der Waals surface area contributed by atoms with E-state index in [-0.39, 0.29) is 65.3 Å². The summed E-state index contributed by atoms with van der Waals surface area (Å²) in [6, 6.07) is 0. The number of aliphatic hydroxyl groups excluding tert-OH is 9. The molecule has 5 saturated carbocycles. The van der Waals surface area contributed by atoms with Gasteiger partial charge in [0.2, 0.25) is 0 Å². The average Bonchev–Trinajstić information content (AvgIpc) is 3.56. The van der Waals surface area contributed by atoms with Crippen molar-refractivity contribution in [2.75, 3.05) is 19.8 Å². The van der Waals surface area contributed by atoms with Crippen molar-refractivity contribution in [3.05, 3.63) is 0 Å². The highest BCUT2D eigenvalue weighted by Gasteiger charge is 2.85. The fourth-order valence-electron chi connectivity index (χ4n) is 15.8. The lowest BCUT2D eigenvalue weighted by molar-refractivity contribution is -0.359. The van der Waals surface area contributed by atoms with Crippen LogP contribution in [-0.4, -0.2) is 180 Å². The van der Waals surface area contributed by atoms with Crippen LogP contribution >= 0.6 is 0 Å². The van der Waals surface area contributed by atoms with Gasteiger partial charge in [0, 0.05) is 5.92 Å². The van der Waals surface area contributed by atoms with Crippen LogP contribution in [0.25, 0.3) is 0 Å². The van der Waals surface area contributed by atoms with Crippen LogP contribution in [-0.2, 0) is 33.2 Å². The van der Waals surface area contributed by atoms with Gasteiger partial charge in [-0.25, -0.2) is 0 Å². The van der Waals surface area contributed by atoms with E-state index in [1.165, 1.54) is 0 Å². The monoisotopic (exact) mass is 886 g/mol. The smallest absolute Gasteiger partial charge is 0.186 e. The first kappa shape index (κ1) is 46.4. The van der Waals surface area contributed by atoms with E-state index < -0.39 is 109 Å². The minimum absolute atomic E-state index is 0.0927. The molecular formula is C45H74O17. The first-order valence-electron chi connectivity index (χ1n) is 23.2. The minimum atomic E-state index is -1.65. The topological polar surface area (TPSA) is 267 Å². The summed E-state index contributed by atoms with van der Waals surface area (Å²) >= 11 is 0. The number of ether oxygens (including phenoxy) is 7. The van der Waals surface area contributed by atoms with Crippen molar-refractivity contribution in [3.8, 4) is 0 Å². The van der Waals surface area contributed by atoms with Gasteiger partial charge in [-0.05, 0) is 117 Å². The molecule has 9 aliphatic rings. The molecule has 17 nitrogen and oxygen atoms in total. The van der Waals surface area contributed by atoms with E-state index in [1.807, 2.05) is 0 Å². The van der Waals surface area contributed by atoms with E-state index >= 15 is 0 Å². The van der Waals surface area contributed by atoms with Crippen LogP contribution in [0.15, 0.2) is 0 Å². The number of hydrogen-bond donors (Lipinski definition) is 10. The van der Waals surface area contributed by atoms with Gasteiger partial charge in [0.1, 0.15) is 54.9 Å². The molecule has 4 heterocycles. The predicted octanol–water partition coefficient (Wildman–Crippen LogP) is -0.173. The Morgan fingerprint density at radius 2 is 1.15 bits per heavy atom. The molecule has 0 aromatic carbocycles. The Bertz CT molecular complexity index is 1660. The third-order valence-electron chi connectivity index (χ3n) is 18.9. The van der Waals surface area contributed by atoms with Crippen molar-refractivity contribution in [3.63, 3.8) is 0 Å². The minimum Gasteiger partial charge on any atom is -0.393 e. The summed E-state index contributed by atoms with van der Waals surface area (Å²) < 4.78 is 44.0. The van der Waals surface area contributed by atoms with E-state index in [4.69, 9.17) is 33.2 Å². The maximum Gasteiger partial charge on any atom is 0.186 e. The Morgan fingerprint density at radius 3 is 1.74 bits per heavy atom. The SMILES string of the molecule is CC(C)(O)[C@@H]1CC[C@](C)([C@@H]2[C@@H](O)C[C@@]3(C)[C@@H]4C[C@H](O[C@@H]5OC[C@H](O)[C@H](O)[C@@H]5O)[C@@H]5C(C)(C)[C@H](O[C@@H]6OC[C@H](O)[C@H](O)[C@@H]6O[C@@H]6OC[C@H](O)[C@H](O)[C@H]6O)CC[C@@]56C[C@@]46CC[C@]23C)O1. The Kier molecular flexibility index (Phi) is 11.5. The highest BCUT2D eigenvalue weighted by Crippen LogP contribution is 2.89. The van der Waals surface area contributed by atoms with Gasteiger partial charge in [-0.2, -0.15) is 0 Å². The van der Waals surface area contributed by atoms with Gasteiger partial charge in [0.25, 0.3) is 0 Å². The molecular weight excluding hydrogens is 812 g/mol. The van der Waals surface area contributed by atoms with Crippen molar-refractivity contribution in [2.24, 2.45) is 44.8 Å². The van der Waals surface area contributed by atoms with E-state index in [0.29, 0.717) is 25.7 Å². The van der Waals surface area contributed by atoms with E-state index in [2.05, 4.69) is 34.6 Å². The van der Waals surface area contributed by atoms with Crippen LogP contribution in [0.5, 0.6) is 0 Å². The second-order valence-electron chi connectivity index (χ2n) is 23.0. The fraction of sp³-hybridized carbons (Fsp3) is 1.00. The third-order valence-corrected chi connectivity index (χ3v) is 18.9. The summed E-state index contributed by atoms with van der Waals surface area (Å²) in [5, 5.41) is 109. The average molecular weight is 887 g/mol. The number of hydrogen-bond acceptors (Lipinski definition) is 17. The molecule has 24 atom stereocenters. The van der Waals surface area contributed by atoms with Crippen molar-refractivity contribution in [2.45, 2.75) is 216 Å². The maximum atomic E-state index is 12.3. The molecule has 62 heavy (non-hydrogen) atoms. The van der Waals surface area contributed by atoms with Crippen LogP contribution in [0.4, 0.5) is 0 Å². The molecule has 0 unspecified atom stereocenters. The molecule has 0 bridgehead atoms. The standard InChI is InChI=1S/C45H74O17/c1-39(2)26(60-38-33(30(52)23(49)18-58-38)61-37-32(54)29(51)22(48)17-57-37)9-11-45-19-44(45)13-12-41(5)34(43(7)10-8-27(62-43)40(3,4)55)20(46)15-42(41,6)25(44)14-24(35(39)45)59-36-31(53)28(50)21(47)16-56-36/h20-38,46-55H,8-19H2,1-7H3/t20-,21-,22-,23-,24-,25-,26+,27-,28-,29-,30-,31-,32+,33-,34+,35+,36-,37-,38-,41+,42-,43+,44-,45+/m0/s1. The van der Waals surface area contributed by atoms with Crippen molar-refractivity contribution in [1.82, 2.24) is 0 Å². The van der Waals surface area contributed by atoms with E-state index in [1.54, 1.807) is 13.8 Å². The Morgan fingerprint density at radius 1 is 0.565 bits per heavy atom. The van der Waals surface area contributed by atoms with E-state index in [9.17, 15) is 51.1 Å². The molecule has 9 fully saturated rings. The number of rotatable bonds is 8. The highest BCUT2D eigenvalue weighted by molar-refractivity contribution is 5.33. The van der Waals surface area contributed by atoms with Gasteiger partial charge in [-0.3, -0.25) is 0 Å². The normalized spacial score (nSPS) is 58.5. The Hall–Kier alpha value is -0.680. The second-order valence-corrected chi connectivity index (χ2v) is 23.0. The van der Waals surface area contributed by atoms with Crippen molar-refractivity contribution < 1.29 is 84.2 Å². The number of aliphatic hydroxyl groups is 10. The first-order valence-corrected chi connectivity index (χ1v) is 23.2. The molecule has 17 heteroatoms. The summed E-state index contributed by atoms with van der Waals surface area (Å²) in [4.78, 5) is 0. The van der Waals surface area contributed by atoms with E-state index in [0.717, 1.165) is 32.1 Å². The lowest BCUT2D eigenvalue weighted by atomic mass is 9.41. The molecule has 9 rings (SSSR count). The van der Waals surface area contributed by atoms with Gasteiger partial charge in [0.15, 0.2) is 18.9 Å². The molecule has 0 radical (unpaired) electrons. The quantitative estimate of drug-likeness (QED) is 0.142. The van der Waals surface area contributed by atoms with Crippen LogP contribution in [0, 0.1) is 44.8 Å². The molecule has 5 aliphatic carbocycles. The van der Waals surface area contributed by atoms with Crippen molar-refractivity contribution >= 4 is 0 Å². The Balaban J connectivity index is 1.03. The summed E-state index contributed by atoms with van der Waals surface area (Å²) in [5.41, 5.74) is -3.33. The summed E-state index contributed by atoms with van der Waals surface area (Å²) in [5.74, 6) is -0.256. The molecule has 0 aromatic rings. The zero-order valence-corrected chi connectivity index (χ0v) is 37.3. The number of fused-ring (bicyclic) bond motifs is 2. The summed E-state index contributed by atoms with van der Waals surface area (Å²) in [6.07, 6.45) is -12.2. The van der Waals surface area contributed by atoms with Gasteiger partial charge < -0.3 is 84.2 Å². The lowest BCUT2D eigenvalue weighted by Gasteiger charge is -2.65. The molecule has 4 aliphatic heterocycles. The van der Waals surface area contributed by atoms with Gasteiger partial charge >= 0.3 is 0 Å². The second kappa shape index (κ2) is 15.4. The lowest BCUT2D eigenvalue weighted by Crippen LogP contribution is -2.65. The molecule has 10 N–H and O–H groups in total. The first-order chi connectivity index (χ1) is 28.8. The zero-order valence-electron chi connectivity index (χ0n) is 37.3. The maximum absolute atomic E-state index is 12.3. The fourth-order valence-corrected chi connectivity index (χ4v) is 15.8. The molecule has 0 amide bonds. The van der Waals surface area contributed by atoms with Crippen molar-refractivity contribution in [1.29, 1.82) is 0 Å². The zero-order chi connectivity index (χ0) is 44.9. The molecule has 4 saturated heterocycles. The third kappa shape index (κ3) is 6.72. The van der Waals surface area contributed by atoms with Crippen LogP contribution in [0.1, 0.15) is 106 Å². The van der Waals surface area contributed by atoms with Crippen LogP contribution < -0.4 is 0 Å². The molecule has 0 aromatic heterocycles. The molecule has 2 spiro atoms. The van der Waals surface area contributed by atoms with Gasteiger partial charge in [0.05, 0.1) is 55.4 Å². The largest absolute Gasteiger partial charge is 0.393 e. The predicted molar refractivity (Wildman–Crippen MR) is 214 cm³/mol. The van der Waals surface area contributed by atoms with Gasteiger partial charge in [-0.15, -0.1) is 0 Å². The van der Waals surface area contributed by atoms with Gasteiger partial charge in [-0.1, -0.05) is 27.7 Å². The Labute approximate surface area is 363 Å². The summed E-state index contributed by atoms with van der Waals surface area (Å²) in [6.45, 7) is 13.8. The van der Waals surface area contributed by atoms with Crippen LogP contribution in [0.3, 0.4) is 0 Å². The summed E-state index contributed by atoms with van der Waals surface area (Å²) in [7, 11) is 0.